The summed E-state index contributed by atoms with van der Waals surface area (Å²) in [6.45, 7) is 4.21. The van der Waals surface area contributed by atoms with Gasteiger partial charge in [-0.05, 0) is 13.8 Å². The minimum absolute atomic E-state index is 0.369. The molecular formula is C9H12N4S. The Morgan fingerprint density at radius 3 is 2.86 bits per heavy atom. The average molecular weight is 208 g/mol. The summed E-state index contributed by atoms with van der Waals surface area (Å²) < 4.78 is 2.06. The van der Waals surface area contributed by atoms with Crippen LogP contribution in [0.15, 0.2) is 18.0 Å². The van der Waals surface area contributed by atoms with Crippen molar-refractivity contribution in [2.45, 2.75) is 19.9 Å². The lowest BCUT2D eigenvalue weighted by molar-refractivity contribution is 0.605. The molecule has 4 nitrogen and oxygen atoms in total. The molecule has 2 aromatic rings. The molecule has 2 rings (SSSR count). The first-order valence-electron chi connectivity index (χ1n) is 4.41. The van der Waals surface area contributed by atoms with E-state index in [1.807, 2.05) is 0 Å². The molecule has 14 heavy (non-hydrogen) atoms. The molecule has 0 radical (unpaired) electrons. The van der Waals surface area contributed by atoms with Gasteiger partial charge in [0.05, 0.1) is 23.7 Å². The first kappa shape index (κ1) is 9.21. The highest BCUT2D eigenvalue weighted by Crippen LogP contribution is 2.28. The van der Waals surface area contributed by atoms with Gasteiger partial charge >= 0.3 is 0 Å². The normalized spacial score (nSPS) is 11.1. The van der Waals surface area contributed by atoms with Gasteiger partial charge in [-0.3, -0.25) is 0 Å². The largest absolute Gasteiger partial charge is 0.389 e. The van der Waals surface area contributed by atoms with E-state index in [-0.39, 0.29) is 0 Å². The summed E-state index contributed by atoms with van der Waals surface area (Å²) in [5.41, 5.74) is 9.39. The molecule has 0 fully saturated rings. The van der Waals surface area contributed by atoms with Gasteiger partial charge in [0.2, 0.25) is 0 Å². The number of imidazole rings is 1. The van der Waals surface area contributed by atoms with Gasteiger partial charge in [0.15, 0.2) is 0 Å². The Kier molecular flexibility index (Phi) is 2.25. The van der Waals surface area contributed by atoms with Crippen LogP contribution in [0.4, 0.5) is 5.00 Å². The Labute approximate surface area is 86.4 Å². The Hall–Kier alpha value is -1.36. The molecule has 0 saturated carbocycles. The Morgan fingerprint density at radius 2 is 2.29 bits per heavy atom. The van der Waals surface area contributed by atoms with Crippen LogP contribution in [0.1, 0.15) is 19.9 Å². The van der Waals surface area contributed by atoms with Crippen molar-refractivity contribution in [3.63, 3.8) is 0 Å². The van der Waals surface area contributed by atoms with Gasteiger partial charge in [-0.1, -0.05) is 0 Å². The first-order chi connectivity index (χ1) is 6.70. The zero-order valence-electron chi connectivity index (χ0n) is 8.14. The number of thiazole rings is 1. The summed E-state index contributed by atoms with van der Waals surface area (Å²) in [7, 11) is 0. The first-order valence-corrected chi connectivity index (χ1v) is 5.29. The van der Waals surface area contributed by atoms with Gasteiger partial charge in [0.25, 0.3) is 0 Å². The highest BCUT2D eigenvalue weighted by molar-refractivity contribution is 7.14. The van der Waals surface area contributed by atoms with Crippen LogP contribution < -0.4 is 5.73 Å². The lowest BCUT2D eigenvalue weighted by Crippen LogP contribution is -2.01. The summed E-state index contributed by atoms with van der Waals surface area (Å²) in [5.74, 6) is 0. The van der Waals surface area contributed by atoms with Crippen molar-refractivity contribution < 1.29 is 0 Å². The number of nitrogens with two attached hydrogens (primary N) is 1. The second kappa shape index (κ2) is 3.42. The van der Waals surface area contributed by atoms with E-state index in [9.17, 15) is 0 Å². The van der Waals surface area contributed by atoms with Gasteiger partial charge in [-0.25, -0.2) is 9.97 Å². The molecule has 0 amide bonds. The topological polar surface area (TPSA) is 56.7 Å². The minimum atomic E-state index is 0.369. The molecule has 0 saturated heterocycles. The fraction of sp³-hybridized carbons (Fsp3) is 0.333. The number of anilines is 1. The van der Waals surface area contributed by atoms with Crippen LogP contribution in [0.2, 0.25) is 0 Å². The van der Waals surface area contributed by atoms with Crippen LogP contribution in [-0.4, -0.2) is 14.5 Å². The average Bonchev–Trinajstić information content (AvgIpc) is 2.70. The zero-order chi connectivity index (χ0) is 10.1. The van der Waals surface area contributed by atoms with Crippen molar-refractivity contribution in [3.05, 3.63) is 18.0 Å². The van der Waals surface area contributed by atoms with Gasteiger partial charge in [0, 0.05) is 6.04 Å². The predicted molar refractivity (Wildman–Crippen MR) is 58.1 cm³/mol. The summed E-state index contributed by atoms with van der Waals surface area (Å²) in [6.07, 6.45) is 3.60. The third-order valence-corrected chi connectivity index (χ3v) is 2.72. The number of nitrogens with zero attached hydrogens (tertiary/aromatic N) is 3. The highest BCUT2D eigenvalue weighted by atomic mass is 32.1. The van der Waals surface area contributed by atoms with Crippen LogP contribution in [0.5, 0.6) is 0 Å². The van der Waals surface area contributed by atoms with E-state index in [0.717, 1.165) is 16.4 Å². The molecule has 0 aromatic carbocycles. The molecule has 0 aliphatic heterocycles. The van der Waals surface area contributed by atoms with E-state index in [0.29, 0.717) is 6.04 Å². The molecule has 0 atom stereocenters. The Morgan fingerprint density at radius 1 is 1.50 bits per heavy atom. The lowest BCUT2D eigenvalue weighted by atomic mass is 10.3. The highest BCUT2D eigenvalue weighted by Gasteiger charge is 2.12. The second-order valence-corrected chi connectivity index (χ2v) is 4.23. The van der Waals surface area contributed by atoms with E-state index >= 15 is 0 Å². The molecule has 2 heterocycles. The molecule has 74 valence electrons. The van der Waals surface area contributed by atoms with Gasteiger partial charge in [-0.15, -0.1) is 11.3 Å². The van der Waals surface area contributed by atoms with Crippen molar-refractivity contribution in [3.8, 4) is 11.4 Å². The molecule has 0 aliphatic rings. The SMILES string of the molecule is CC(C)n1cncc1-c1ncsc1N. The molecule has 0 aliphatic carbocycles. The third-order valence-electron chi connectivity index (χ3n) is 2.06. The number of hydrogen-bond donors (Lipinski definition) is 1. The molecule has 2 N–H and O–H groups in total. The zero-order valence-corrected chi connectivity index (χ0v) is 8.95. The number of hydrogen-bond acceptors (Lipinski definition) is 4. The van der Waals surface area contributed by atoms with E-state index in [1.165, 1.54) is 11.3 Å². The maximum Gasteiger partial charge on any atom is 0.123 e. The predicted octanol–water partition coefficient (Wildman–Crippen LogP) is 2.17. The van der Waals surface area contributed by atoms with E-state index in [2.05, 4.69) is 28.4 Å². The van der Waals surface area contributed by atoms with E-state index < -0.39 is 0 Å². The third kappa shape index (κ3) is 1.39. The summed E-state index contributed by atoms with van der Waals surface area (Å²) >= 11 is 1.45. The summed E-state index contributed by atoms with van der Waals surface area (Å²) in [5, 5.41) is 0.743. The molecule has 0 unspecified atom stereocenters. The number of rotatable bonds is 2. The summed E-state index contributed by atoms with van der Waals surface area (Å²) in [4.78, 5) is 8.35. The van der Waals surface area contributed by atoms with Crippen molar-refractivity contribution in [1.29, 1.82) is 0 Å². The van der Waals surface area contributed by atoms with Crippen molar-refractivity contribution in [1.82, 2.24) is 14.5 Å². The molecule has 0 bridgehead atoms. The van der Waals surface area contributed by atoms with Crippen molar-refractivity contribution >= 4 is 16.3 Å². The molecule has 0 spiro atoms. The van der Waals surface area contributed by atoms with E-state index in [1.54, 1.807) is 18.0 Å². The van der Waals surface area contributed by atoms with Gasteiger partial charge in [0.1, 0.15) is 10.7 Å². The van der Waals surface area contributed by atoms with Crippen molar-refractivity contribution in [2.75, 3.05) is 5.73 Å². The molecule has 2 aromatic heterocycles. The van der Waals surface area contributed by atoms with Gasteiger partial charge in [-0.2, -0.15) is 0 Å². The van der Waals surface area contributed by atoms with Crippen LogP contribution in [0, 0.1) is 0 Å². The Balaban J connectivity index is 2.52. The second-order valence-electron chi connectivity index (χ2n) is 3.35. The van der Waals surface area contributed by atoms with E-state index in [4.69, 9.17) is 5.73 Å². The van der Waals surface area contributed by atoms with Crippen LogP contribution in [0.3, 0.4) is 0 Å². The lowest BCUT2D eigenvalue weighted by Gasteiger charge is -2.10. The minimum Gasteiger partial charge on any atom is -0.389 e. The van der Waals surface area contributed by atoms with Crippen LogP contribution >= 0.6 is 11.3 Å². The Bertz CT molecular complexity index is 429. The maximum atomic E-state index is 5.82. The maximum absolute atomic E-state index is 5.82. The van der Waals surface area contributed by atoms with Gasteiger partial charge < -0.3 is 10.3 Å². The van der Waals surface area contributed by atoms with Crippen molar-refractivity contribution in [2.24, 2.45) is 0 Å². The quantitative estimate of drug-likeness (QED) is 0.822. The molecule has 5 heteroatoms. The number of nitrogen functional groups attached to an aromatic ring is 1. The fourth-order valence-electron chi connectivity index (χ4n) is 1.35. The standard InChI is InChI=1S/C9H12N4S/c1-6(2)13-4-11-3-7(13)8-9(10)14-5-12-8/h3-6H,10H2,1-2H3. The van der Waals surface area contributed by atoms with Crippen LogP contribution in [0.25, 0.3) is 11.4 Å². The smallest absolute Gasteiger partial charge is 0.123 e. The summed E-state index contributed by atoms with van der Waals surface area (Å²) in [6, 6.07) is 0.369. The molecular weight excluding hydrogens is 196 g/mol. The number of aromatic nitrogens is 3. The van der Waals surface area contributed by atoms with Crippen LogP contribution in [-0.2, 0) is 0 Å². The fourth-order valence-corrected chi connectivity index (χ4v) is 1.89. The monoisotopic (exact) mass is 208 g/mol.